The van der Waals surface area contributed by atoms with Gasteiger partial charge in [0.1, 0.15) is 0 Å². The monoisotopic (exact) mass is 322 g/mol. The zero-order chi connectivity index (χ0) is 17.0. The standard InChI is InChI=1S/C17H13F3O3/c18-17(19,20)14-7-5-12(6-8-14)11-1-3-13(4-2-11)15(21)9-10-16(22)23/h1-8H,9-10H2,(H,22,23). The van der Waals surface area contributed by atoms with E-state index >= 15 is 0 Å². The van der Waals surface area contributed by atoms with Gasteiger partial charge in [-0.3, -0.25) is 9.59 Å². The van der Waals surface area contributed by atoms with Crippen molar-refractivity contribution in [1.29, 1.82) is 0 Å². The molecule has 0 bridgehead atoms. The number of hydrogen-bond donors (Lipinski definition) is 1. The van der Waals surface area contributed by atoms with E-state index in [0.29, 0.717) is 16.7 Å². The van der Waals surface area contributed by atoms with E-state index in [0.717, 1.165) is 12.1 Å². The predicted octanol–water partition coefficient (Wildman–Crippen LogP) is 4.42. The van der Waals surface area contributed by atoms with Gasteiger partial charge in [0.25, 0.3) is 0 Å². The van der Waals surface area contributed by atoms with Gasteiger partial charge >= 0.3 is 12.1 Å². The normalized spacial score (nSPS) is 11.3. The number of carboxylic acid groups (broad SMARTS) is 1. The summed E-state index contributed by atoms with van der Waals surface area (Å²) < 4.78 is 37.5. The highest BCUT2D eigenvalue weighted by Crippen LogP contribution is 2.31. The maximum atomic E-state index is 12.5. The minimum atomic E-state index is -4.38. The Kier molecular flexibility index (Phi) is 4.83. The molecule has 0 radical (unpaired) electrons. The largest absolute Gasteiger partial charge is 0.481 e. The van der Waals surface area contributed by atoms with Crippen LogP contribution in [0.15, 0.2) is 48.5 Å². The van der Waals surface area contributed by atoms with Crippen molar-refractivity contribution in [2.45, 2.75) is 19.0 Å². The summed E-state index contributed by atoms with van der Waals surface area (Å²) in [6, 6.07) is 11.1. The van der Waals surface area contributed by atoms with Crippen LogP contribution in [0.4, 0.5) is 13.2 Å². The number of carboxylic acids is 1. The Hall–Kier alpha value is -2.63. The first kappa shape index (κ1) is 16.7. The van der Waals surface area contributed by atoms with E-state index in [9.17, 15) is 22.8 Å². The number of benzene rings is 2. The van der Waals surface area contributed by atoms with Crippen LogP contribution < -0.4 is 0 Å². The number of rotatable bonds is 5. The van der Waals surface area contributed by atoms with Gasteiger partial charge in [-0.1, -0.05) is 36.4 Å². The fourth-order valence-electron chi connectivity index (χ4n) is 2.07. The third-order valence-corrected chi connectivity index (χ3v) is 3.32. The molecule has 0 atom stereocenters. The molecule has 2 rings (SSSR count). The average Bonchev–Trinajstić information content (AvgIpc) is 2.52. The van der Waals surface area contributed by atoms with Gasteiger partial charge in [-0.05, 0) is 23.3 Å². The summed E-state index contributed by atoms with van der Waals surface area (Å²) in [5.41, 5.74) is 0.930. The maximum Gasteiger partial charge on any atom is 0.416 e. The number of halogens is 3. The van der Waals surface area contributed by atoms with E-state index in [-0.39, 0.29) is 18.6 Å². The van der Waals surface area contributed by atoms with E-state index in [2.05, 4.69) is 0 Å². The summed E-state index contributed by atoms with van der Waals surface area (Å²) in [6.45, 7) is 0. The second kappa shape index (κ2) is 6.64. The zero-order valence-corrected chi connectivity index (χ0v) is 11.9. The maximum absolute atomic E-state index is 12.5. The van der Waals surface area contributed by atoms with E-state index < -0.39 is 17.7 Å². The Labute approximate surface area is 130 Å². The highest BCUT2D eigenvalue weighted by atomic mass is 19.4. The van der Waals surface area contributed by atoms with Gasteiger partial charge in [-0.25, -0.2) is 0 Å². The Morgan fingerprint density at radius 1 is 0.826 bits per heavy atom. The van der Waals surface area contributed by atoms with Gasteiger partial charge in [-0.15, -0.1) is 0 Å². The second-order valence-corrected chi connectivity index (χ2v) is 4.97. The Morgan fingerprint density at radius 2 is 1.30 bits per heavy atom. The fraction of sp³-hybridized carbons (Fsp3) is 0.176. The molecule has 0 unspecified atom stereocenters. The number of hydrogen-bond acceptors (Lipinski definition) is 2. The second-order valence-electron chi connectivity index (χ2n) is 4.97. The summed E-state index contributed by atoms with van der Waals surface area (Å²) in [5.74, 6) is -1.33. The fourth-order valence-corrected chi connectivity index (χ4v) is 2.07. The first-order valence-electron chi connectivity index (χ1n) is 6.80. The number of Topliss-reactive ketones (excluding diaryl/α,β-unsaturated/α-hetero) is 1. The van der Waals surface area contributed by atoms with Crippen LogP contribution in [0, 0.1) is 0 Å². The van der Waals surface area contributed by atoms with Crippen molar-refractivity contribution < 1.29 is 27.9 Å². The van der Waals surface area contributed by atoms with Crippen LogP contribution >= 0.6 is 0 Å². The molecule has 3 nitrogen and oxygen atoms in total. The minimum Gasteiger partial charge on any atom is -0.481 e. The first-order chi connectivity index (χ1) is 10.8. The quantitative estimate of drug-likeness (QED) is 0.829. The van der Waals surface area contributed by atoms with Crippen molar-refractivity contribution in [2.75, 3.05) is 0 Å². The lowest BCUT2D eigenvalue weighted by atomic mass is 10.00. The molecular weight excluding hydrogens is 309 g/mol. The third kappa shape index (κ3) is 4.42. The summed E-state index contributed by atoms with van der Waals surface area (Å²) in [6.07, 6.45) is -4.70. The lowest BCUT2D eigenvalue weighted by Gasteiger charge is -2.08. The van der Waals surface area contributed by atoms with Crippen LogP contribution in [0.2, 0.25) is 0 Å². The van der Waals surface area contributed by atoms with E-state index in [1.54, 1.807) is 12.1 Å². The summed E-state index contributed by atoms with van der Waals surface area (Å²) in [4.78, 5) is 22.2. The molecule has 0 aliphatic heterocycles. The molecule has 120 valence electrons. The molecule has 0 amide bonds. The molecule has 0 aromatic heterocycles. The highest BCUT2D eigenvalue weighted by Gasteiger charge is 2.29. The van der Waals surface area contributed by atoms with Gasteiger partial charge in [-0.2, -0.15) is 13.2 Å². The molecule has 0 saturated heterocycles. The molecule has 2 aromatic rings. The molecule has 23 heavy (non-hydrogen) atoms. The van der Waals surface area contributed by atoms with Crippen molar-refractivity contribution >= 4 is 11.8 Å². The van der Waals surface area contributed by atoms with E-state index in [4.69, 9.17) is 5.11 Å². The van der Waals surface area contributed by atoms with Crippen LogP contribution in [0.5, 0.6) is 0 Å². The van der Waals surface area contributed by atoms with Gasteiger partial charge in [0.2, 0.25) is 0 Å². The van der Waals surface area contributed by atoms with Crippen molar-refractivity contribution in [3.8, 4) is 11.1 Å². The smallest absolute Gasteiger partial charge is 0.416 e. The Balaban J connectivity index is 2.13. The molecule has 0 fully saturated rings. The number of aliphatic carboxylic acids is 1. The molecule has 6 heteroatoms. The molecule has 0 spiro atoms. The summed E-state index contributed by atoms with van der Waals surface area (Å²) >= 11 is 0. The van der Waals surface area contributed by atoms with Crippen molar-refractivity contribution in [3.63, 3.8) is 0 Å². The van der Waals surface area contributed by atoms with Gasteiger partial charge in [0.05, 0.1) is 12.0 Å². The predicted molar refractivity (Wildman–Crippen MR) is 78.1 cm³/mol. The number of carbonyl (C=O) groups is 2. The highest BCUT2D eigenvalue weighted by molar-refractivity contribution is 5.97. The summed E-state index contributed by atoms with van der Waals surface area (Å²) in [5, 5.41) is 8.55. The molecule has 1 N–H and O–H groups in total. The Bertz CT molecular complexity index is 701. The van der Waals surface area contributed by atoms with Crippen LogP contribution in [0.3, 0.4) is 0 Å². The lowest BCUT2D eigenvalue weighted by molar-refractivity contribution is -0.138. The van der Waals surface area contributed by atoms with Crippen molar-refractivity contribution in [1.82, 2.24) is 0 Å². The van der Waals surface area contributed by atoms with Gasteiger partial charge in [0, 0.05) is 12.0 Å². The topological polar surface area (TPSA) is 54.4 Å². The molecule has 0 aliphatic rings. The number of alkyl halides is 3. The average molecular weight is 322 g/mol. The van der Waals surface area contributed by atoms with Crippen LogP contribution in [-0.4, -0.2) is 16.9 Å². The lowest BCUT2D eigenvalue weighted by Crippen LogP contribution is -2.04. The number of carbonyl (C=O) groups excluding carboxylic acids is 1. The van der Waals surface area contributed by atoms with Crippen LogP contribution in [-0.2, 0) is 11.0 Å². The van der Waals surface area contributed by atoms with Gasteiger partial charge in [0.15, 0.2) is 5.78 Å². The zero-order valence-electron chi connectivity index (χ0n) is 11.9. The van der Waals surface area contributed by atoms with Crippen LogP contribution in [0.25, 0.3) is 11.1 Å². The molecular formula is C17H13F3O3. The Morgan fingerprint density at radius 3 is 1.74 bits per heavy atom. The third-order valence-electron chi connectivity index (χ3n) is 3.32. The van der Waals surface area contributed by atoms with Crippen LogP contribution in [0.1, 0.15) is 28.8 Å². The summed E-state index contributed by atoms with van der Waals surface area (Å²) in [7, 11) is 0. The van der Waals surface area contributed by atoms with Gasteiger partial charge < -0.3 is 5.11 Å². The SMILES string of the molecule is O=C(O)CCC(=O)c1ccc(-c2ccc(C(F)(F)F)cc2)cc1. The molecule has 0 saturated carbocycles. The molecule has 2 aromatic carbocycles. The van der Waals surface area contributed by atoms with E-state index in [1.807, 2.05) is 0 Å². The van der Waals surface area contributed by atoms with E-state index in [1.165, 1.54) is 24.3 Å². The first-order valence-corrected chi connectivity index (χ1v) is 6.80. The van der Waals surface area contributed by atoms with Crippen molar-refractivity contribution in [3.05, 3.63) is 59.7 Å². The molecule has 0 heterocycles. The number of ketones is 1. The molecule has 0 aliphatic carbocycles. The minimum absolute atomic E-state index is 0.0883. The van der Waals surface area contributed by atoms with Crippen molar-refractivity contribution in [2.24, 2.45) is 0 Å².